The molecule has 2 aliphatic heterocycles. The van der Waals surface area contributed by atoms with Crippen molar-refractivity contribution in [3.63, 3.8) is 0 Å². The Morgan fingerprint density at radius 3 is 2.62 bits per heavy atom. The molecule has 2 saturated heterocycles. The minimum Gasteiger partial charge on any atom is -0.357 e. The van der Waals surface area contributed by atoms with E-state index >= 15 is 0 Å². The van der Waals surface area contributed by atoms with Crippen LogP contribution in [0.3, 0.4) is 0 Å². The SMILES string of the molecule is Cn1cc(C2CCN(CC3CCN(c4ccc(C(=O)Nc5ccccc5N=N)cn4)CC3)C2)c2ccccc21. The van der Waals surface area contributed by atoms with Gasteiger partial charge in [0.15, 0.2) is 0 Å². The van der Waals surface area contributed by atoms with Crippen LogP contribution in [0.25, 0.3) is 10.9 Å². The number of carbonyl (C=O) groups is 1. The lowest BCUT2D eigenvalue weighted by Crippen LogP contribution is -2.38. The van der Waals surface area contributed by atoms with Crippen molar-refractivity contribution in [3.8, 4) is 0 Å². The molecule has 2 aromatic carbocycles. The Hall–Kier alpha value is -4.04. The maximum absolute atomic E-state index is 12.7. The van der Waals surface area contributed by atoms with E-state index in [9.17, 15) is 4.79 Å². The molecule has 2 fully saturated rings. The van der Waals surface area contributed by atoms with Crippen molar-refractivity contribution < 1.29 is 4.79 Å². The monoisotopic (exact) mass is 521 g/mol. The van der Waals surface area contributed by atoms with Gasteiger partial charge in [0, 0.05) is 56.5 Å². The Balaban J connectivity index is 1.00. The average molecular weight is 522 g/mol. The van der Waals surface area contributed by atoms with E-state index in [1.807, 2.05) is 18.2 Å². The van der Waals surface area contributed by atoms with Gasteiger partial charge in [-0.3, -0.25) is 4.79 Å². The van der Waals surface area contributed by atoms with Gasteiger partial charge < -0.3 is 19.7 Å². The average Bonchev–Trinajstić information content (AvgIpc) is 3.58. The Labute approximate surface area is 229 Å². The number of amides is 1. The van der Waals surface area contributed by atoms with Crippen LogP contribution in [-0.2, 0) is 7.05 Å². The number of para-hydroxylation sites is 3. The minimum atomic E-state index is -0.253. The Morgan fingerprint density at radius 1 is 1.03 bits per heavy atom. The van der Waals surface area contributed by atoms with E-state index in [-0.39, 0.29) is 5.91 Å². The molecule has 4 aromatic rings. The highest BCUT2D eigenvalue weighted by Gasteiger charge is 2.29. The first-order chi connectivity index (χ1) is 19.1. The smallest absolute Gasteiger partial charge is 0.257 e. The van der Waals surface area contributed by atoms with Crippen molar-refractivity contribution in [1.82, 2.24) is 14.5 Å². The van der Waals surface area contributed by atoms with Crippen LogP contribution in [0.1, 0.15) is 41.1 Å². The topological polar surface area (TPSA) is 89.6 Å². The minimum absolute atomic E-state index is 0.253. The first-order valence-electron chi connectivity index (χ1n) is 13.8. The highest BCUT2D eigenvalue weighted by molar-refractivity contribution is 6.05. The van der Waals surface area contributed by atoms with Gasteiger partial charge in [0.2, 0.25) is 0 Å². The maximum Gasteiger partial charge on any atom is 0.257 e. The van der Waals surface area contributed by atoms with Crippen LogP contribution in [-0.4, -0.2) is 53.1 Å². The predicted molar refractivity (Wildman–Crippen MR) is 155 cm³/mol. The number of aryl methyl sites for hydroxylation is 1. The molecule has 1 amide bonds. The number of hydrogen-bond acceptors (Lipinski definition) is 6. The molecule has 0 aliphatic carbocycles. The molecule has 2 N–H and O–H groups in total. The number of anilines is 2. The summed E-state index contributed by atoms with van der Waals surface area (Å²) in [5.41, 5.74) is 11.5. The molecule has 4 heterocycles. The van der Waals surface area contributed by atoms with Crippen LogP contribution in [0.15, 0.2) is 78.2 Å². The van der Waals surface area contributed by atoms with Crippen molar-refractivity contribution in [3.05, 3.63) is 84.2 Å². The zero-order chi connectivity index (χ0) is 26.8. The lowest BCUT2D eigenvalue weighted by atomic mass is 9.96. The fourth-order valence-corrected chi connectivity index (χ4v) is 6.24. The predicted octanol–water partition coefficient (Wildman–Crippen LogP) is 6.19. The zero-order valence-corrected chi connectivity index (χ0v) is 22.4. The first-order valence-corrected chi connectivity index (χ1v) is 13.8. The number of benzene rings is 2. The molecule has 1 atom stereocenters. The summed E-state index contributed by atoms with van der Waals surface area (Å²) in [6, 6.07) is 19.5. The summed E-state index contributed by atoms with van der Waals surface area (Å²) in [5.74, 6) is 1.99. The fraction of sp³-hybridized carbons (Fsp3) is 0.355. The Kier molecular flexibility index (Phi) is 7.11. The van der Waals surface area contributed by atoms with E-state index < -0.39 is 0 Å². The molecule has 0 saturated carbocycles. The van der Waals surface area contributed by atoms with Gasteiger partial charge in [-0.05, 0) is 73.5 Å². The molecule has 0 radical (unpaired) electrons. The number of piperidine rings is 1. The van der Waals surface area contributed by atoms with Gasteiger partial charge in [0.1, 0.15) is 11.5 Å². The highest BCUT2D eigenvalue weighted by Crippen LogP contribution is 2.34. The van der Waals surface area contributed by atoms with Gasteiger partial charge in [-0.1, -0.05) is 30.3 Å². The quantitative estimate of drug-likeness (QED) is 0.284. The second-order valence-electron chi connectivity index (χ2n) is 10.9. The molecular weight excluding hydrogens is 486 g/mol. The number of likely N-dealkylation sites (tertiary alicyclic amines) is 1. The van der Waals surface area contributed by atoms with E-state index in [0.717, 1.165) is 38.3 Å². The Bertz CT molecular complexity index is 1470. The third-order valence-electron chi connectivity index (χ3n) is 8.38. The van der Waals surface area contributed by atoms with E-state index in [1.165, 1.54) is 36.0 Å². The van der Waals surface area contributed by atoms with Crippen molar-refractivity contribution in [2.75, 3.05) is 42.9 Å². The summed E-state index contributed by atoms with van der Waals surface area (Å²) in [5, 5.41) is 7.70. The first kappa shape index (κ1) is 25.2. The summed E-state index contributed by atoms with van der Waals surface area (Å²) in [4.78, 5) is 22.3. The van der Waals surface area contributed by atoms with Gasteiger partial charge in [-0.25, -0.2) is 10.5 Å². The number of fused-ring (bicyclic) bond motifs is 1. The van der Waals surface area contributed by atoms with Gasteiger partial charge in [-0.2, -0.15) is 5.11 Å². The van der Waals surface area contributed by atoms with Crippen LogP contribution in [0.5, 0.6) is 0 Å². The zero-order valence-electron chi connectivity index (χ0n) is 22.4. The summed E-state index contributed by atoms with van der Waals surface area (Å²) >= 11 is 0. The number of carbonyl (C=O) groups excluding carboxylic acids is 1. The number of aromatic nitrogens is 2. The molecular formula is C31H35N7O. The maximum atomic E-state index is 12.7. The third kappa shape index (κ3) is 5.29. The van der Waals surface area contributed by atoms with E-state index in [1.54, 1.807) is 24.4 Å². The summed E-state index contributed by atoms with van der Waals surface area (Å²) < 4.78 is 2.27. The second-order valence-corrected chi connectivity index (χ2v) is 10.9. The standard InChI is InChI=1S/C31H35N7O/c1-36-21-26(25-6-2-5-9-29(25)36)24-14-15-37(20-24)19-22-12-16-38(17-13-22)30-11-10-23(18-33-30)31(39)34-27-7-3-4-8-28(27)35-32/h2-11,18,21-22,24,32H,12-17,19-20H2,1H3,(H,34,39). The molecule has 39 heavy (non-hydrogen) atoms. The Morgan fingerprint density at radius 2 is 1.82 bits per heavy atom. The second kappa shape index (κ2) is 11.0. The lowest BCUT2D eigenvalue weighted by molar-refractivity contribution is 0.102. The molecule has 8 nitrogen and oxygen atoms in total. The van der Waals surface area contributed by atoms with Gasteiger partial charge >= 0.3 is 0 Å². The van der Waals surface area contributed by atoms with Crippen molar-refractivity contribution in [1.29, 1.82) is 5.53 Å². The summed E-state index contributed by atoms with van der Waals surface area (Å²) in [6.07, 6.45) is 7.53. The third-order valence-corrected chi connectivity index (χ3v) is 8.38. The molecule has 1 unspecified atom stereocenters. The molecule has 6 rings (SSSR count). The largest absolute Gasteiger partial charge is 0.357 e. The van der Waals surface area contributed by atoms with Crippen molar-refractivity contribution in [2.45, 2.75) is 25.2 Å². The summed E-state index contributed by atoms with van der Waals surface area (Å²) in [7, 11) is 2.15. The van der Waals surface area contributed by atoms with Crippen LogP contribution < -0.4 is 10.2 Å². The number of nitrogens with zero attached hydrogens (tertiary/aromatic N) is 5. The van der Waals surface area contributed by atoms with Gasteiger partial charge in [0.05, 0.1) is 11.3 Å². The number of rotatable bonds is 7. The van der Waals surface area contributed by atoms with E-state index in [0.29, 0.717) is 28.8 Å². The van der Waals surface area contributed by atoms with Crippen LogP contribution in [0.4, 0.5) is 17.2 Å². The number of pyridine rings is 1. The number of hydrogen-bond donors (Lipinski definition) is 2. The normalized spacial score (nSPS) is 18.5. The van der Waals surface area contributed by atoms with Gasteiger partial charge in [-0.15, -0.1) is 0 Å². The van der Waals surface area contributed by atoms with E-state index in [2.05, 4.69) is 67.3 Å². The molecule has 2 aliphatic rings. The number of nitrogens with one attached hydrogen (secondary N) is 2. The van der Waals surface area contributed by atoms with E-state index in [4.69, 9.17) is 5.53 Å². The molecule has 8 heteroatoms. The molecule has 0 bridgehead atoms. The summed E-state index contributed by atoms with van der Waals surface area (Å²) in [6.45, 7) is 5.48. The van der Waals surface area contributed by atoms with Crippen molar-refractivity contribution >= 4 is 34.0 Å². The van der Waals surface area contributed by atoms with Crippen LogP contribution in [0, 0.1) is 11.4 Å². The lowest BCUT2D eigenvalue weighted by Gasteiger charge is -2.34. The molecule has 0 spiro atoms. The highest BCUT2D eigenvalue weighted by atomic mass is 16.1. The van der Waals surface area contributed by atoms with Gasteiger partial charge in [0.25, 0.3) is 5.91 Å². The van der Waals surface area contributed by atoms with Crippen molar-refractivity contribution in [2.24, 2.45) is 18.1 Å². The fourth-order valence-electron chi connectivity index (χ4n) is 6.24. The van der Waals surface area contributed by atoms with Crippen LogP contribution >= 0.6 is 0 Å². The molecule has 2 aromatic heterocycles. The van der Waals surface area contributed by atoms with Crippen LogP contribution in [0.2, 0.25) is 0 Å². The molecule has 200 valence electrons.